The highest BCUT2D eigenvalue weighted by Gasteiger charge is 2.43. The Hall–Kier alpha value is -1.02. The zero-order valence-electron chi connectivity index (χ0n) is 12.1. The molecule has 0 N–H and O–H groups in total. The monoisotopic (exact) mass is 297 g/mol. The maximum Gasteiger partial charge on any atom is 0.310 e. The van der Waals surface area contributed by atoms with Gasteiger partial charge in [-0.25, -0.2) is 4.39 Å². The number of carbonyl (C=O) groups excluding carboxylic acids is 1. The van der Waals surface area contributed by atoms with Gasteiger partial charge in [-0.1, -0.05) is 15.3 Å². The Morgan fingerprint density at radius 2 is 2.20 bits per heavy atom. The van der Waals surface area contributed by atoms with Crippen molar-refractivity contribution in [3.63, 3.8) is 0 Å². The fraction of sp³-hybridized carbons (Fsp3) is 0.600. The highest BCUT2D eigenvalue weighted by Crippen LogP contribution is 2.51. The van der Waals surface area contributed by atoms with E-state index in [0.717, 1.165) is 11.3 Å². The third-order valence-electron chi connectivity index (χ3n) is 3.24. The van der Waals surface area contributed by atoms with Crippen LogP contribution in [-0.2, 0) is 16.0 Å². The summed E-state index contributed by atoms with van der Waals surface area (Å²) in [6.07, 6.45) is 2.76. The standard InChI is InChI=1S/C15H21FNO2P/c1-14(2,3)19-12(18)7-10-5-4-6-17-13(10)11-8-15(16,20)9-11/h4-6,11H,7-9,20H2,1-3H3. The van der Waals surface area contributed by atoms with Crippen molar-refractivity contribution in [3.05, 3.63) is 29.6 Å². The smallest absolute Gasteiger partial charge is 0.310 e. The summed E-state index contributed by atoms with van der Waals surface area (Å²) in [5.74, 6) is -0.181. The molecule has 20 heavy (non-hydrogen) atoms. The van der Waals surface area contributed by atoms with E-state index in [4.69, 9.17) is 4.74 Å². The largest absolute Gasteiger partial charge is 0.460 e. The second-order valence-electron chi connectivity index (χ2n) is 6.45. The maximum atomic E-state index is 13.6. The molecule has 0 aliphatic heterocycles. The van der Waals surface area contributed by atoms with Gasteiger partial charge in [-0.2, -0.15) is 0 Å². The van der Waals surface area contributed by atoms with E-state index in [2.05, 4.69) is 14.2 Å². The summed E-state index contributed by atoms with van der Waals surface area (Å²) in [5, 5.41) is -1.18. The SMILES string of the molecule is CC(C)(C)OC(=O)Cc1cccnc1C1CC(F)(P)C1. The first-order chi connectivity index (χ1) is 9.16. The zero-order chi connectivity index (χ0) is 15.0. The van der Waals surface area contributed by atoms with Crippen LogP contribution in [0.1, 0.15) is 50.8 Å². The first-order valence-corrected chi connectivity index (χ1v) is 7.37. The molecule has 0 saturated heterocycles. The number of esters is 1. The average molecular weight is 297 g/mol. The van der Waals surface area contributed by atoms with Crippen LogP contribution in [0, 0.1) is 0 Å². The van der Waals surface area contributed by atoms with Crippen molar-refractivity contribution in [2.75, 3.05) is 0 Å². The third kappa shape index (κ3) is 3.99. The number of hydrogen-bond acceptors (Lipinski definition) is 3. The average Bonchev–Trinajstić information content (AvgIpc) is 2.23. The van der Waals surface area contributed by atoms with Gasteiger partial charge < -0.3 is 4.74 Å². The molecule has 0 spiro atoms. The van der Waals surface area contributed by atoms with Gasteiger partial charge in [0.15, 0.2) is 0 Å². The fourth-order valence-corrected chi connectivity index (χ4v) is 3.02. The molecule has 1 atom stereocenters. The molecule has 1 aromatic rings. The van der Waals surface area contributed by atoms with E-state index in [1.165, 1.54) is 0 Å². The van der Waals surface area contributed by atoms with Crippen LogP contribution in [0.2, 0.25) is 0 Å². The van der Waals surface area contributed by atoms with Crippen molar-refractivity contribution >= 4 is 15.2 Å². The van der Waals surface area contributed by atoms with Gasteiger partial charge in [-0.15, -0.1) is 0 Å². The summed E-state index contributed by atoms with van der Waals surface area (Å²) in [7, 11) is 2.24. The van der Waals surface area contributed by atoms with E-state index in [-0.39, 0.29) is 18.3 Å². The minimum atomic E-state index is -1.18. The molecule has 1 aliphatic rings. The van der Waals surface area contributed by atoms with Crippen LogP contribution in [0.25, 0.3) is 0 Å². The van der Waals surface area contributed by atoms with Gasteiger partial charge in [0.25, 0.3) is 0 Å². The summed E-state index contributed by atoms with van der Waals surface area (Å²) in [6, 6.07) is 3.67. The molecule has 3 nitrogen and oxygen atoms in total. The number of pyridine rings is 1. The number of aromatic nitrogens is 1. The number of alkyl halides is 1. The van der Waals surface area contributed by atoms with Crippen LogP contribution in [0.3, 0.4) is 0 Å². The molecular formula is C15H21FNO2P. The van der Waals surface area contributed by atoms with Crippen molar-refractivity contribution in [1.29, 1.82) is 0 Å². The normalized spacial score (nSPS) is 25.9. The Balaban J connectivity index is 2.07. The molecule has 0 radical (unpaired) electrons. The molecule has 1 aromatic heterocycles. The predicted octanol–water partition coefficient (Wildman–Crippen LogP) is 3.38. The first-order valence-electron chi connectivity index (χ1n) is 6.80. The molecule has 2 rings (SSSR count). The van der Waals surface area contributed by atoms with E-state index in [0.29, 0.717) is 12.8 Å². The van der Waals surface area contributed by atoms with E-state index < -0.39 is 11.0 Å². The lowest BCUT2D eigenvalue weighted by Crippen LogP contribution is -2.33. The highest BCUT2D eigenvalue weighted by atomic mass is 31.0. The second-order valence-corrected chi connectivity index (χ2v) is 7.49. The van der Waals surface area contributed by atoms with Crippen molar-refractivity contribution in [2.24, 2.45) is 0 Å². The van der Waals surface area contributed by atoms with Crippen LogP contribution in [0.5, 0.6) is 0 Å². The molecular weight excluding hydrogens is 276 g/mol. The van der Waals surface area contributed by atoms with Gasteiger partial charge in [0, 0.05) is 17.8 Å². The quantitative estimate of drug-likeness (QED) is 0.634. The van der Waals surface area contributed by atoms with Crippen LogP contribution < -0.4 is 0 Å². The number of ether oxygens (including phenoxy) is 1. The van der Waals surface area contributed by atoms with Crippen LogP contribution in [0.4, 0.5) is 4.39 Å². The molecule has 5 heteroatoms. The molecule has 0 aromatic carbocycles. The van der Waals surface area contributed by atoms with Gasteiger partial charge in [-0.3, -0.25) is 9.78 Å². The summed E-state index contributed by atoms with van der Waals surface area (Å²) >= 11 is 0. The fourth-order valence-electron chi connectivity index (χ4n) is 2.45. The predicted molar refractivity (Wildman–Crippen MR) is 79.3 cm³/mol. The van der Waals surface area contributed by atoms with Crippen molar-refractivity contribution in [2.45, 2.75) is 57.0 Å². The number of halogens is 1. The molecule has 0 bridgehead atoms. The van der Waals surface area contributed by atoms with Gasteiger partial charge in [-0.05, 0) is 45.2 Å². The minimum Gasteiger partial charge on any atom is -0.460 e. The summed E-state index contributed by atoms with van der Waals surface area (Å²) < 4.78 is 18.9. The molecule has 1 saturated carbocycles. The Bertz CT molecular complexity index is 503. The van der Waals surface area contributed by atoms with Crippen molar-refractivity contribution in [3.8, 4) is 0 Å². The summed E-state index contributed by atoms with van der Waals surface area (Å²) in [6.45, 7) is 5.52. The van der Waals surface area contributed by atoms with Crippen molar-refractivity contribution in [1.82, 2.24) is 4.98 Å². The number of nitrogens with zero attached hydrogens (tertiary/aromatic N) is 1. The summed E-state index contributed by atoms with van der Waals surface area (Å²) in [4.78, 5) is 16.2. The third-order valence-corrected chi connectivity index (χ3v) is 3.71. The molecule has 1 unspecified atom stereocenters. The van der Waals surface area contributed by atoms with Gasteiger partial charge >= 0.3 is 5.97 Å². The van der Waals surface area contributed by atoms with Crippen LogP contribution in [-0.4, -0.2) is 22.0 Å². The molecule has 1 aliphatic carbocycles. The molecule has 1 fully saturated rings. The van der Waals surface area contributed by atoms with Gasteiger partial charge in [0.05, 0.1) is 6.42 Å². The van der Waals surface area contributed by atoms with Crippen LogP contribution in [0.15, 0.2) is 18.3 Å². The summed E-state index contributed by atoms with van der Waals surface area (Å²) in [5.41, 5.74) is 1.17. The minimum absolute atomic E-state index is 0.0936. The van der Waals surface area contributed by atoms with E-state index in [1.54, 1.807) is 12.3 Å². The Labute approximate surface area is 121 Å². The maximum absolute atomic E-state index is 13.6. The lowest BCUT2D eigenvalue weighted by molar-refractivity contribution is -0.153. The Morgan fingerprint density at radius 1 is 1.55 bits per heavy atom. The second kappa shape index (κ2) is 5.40. The molecule has 0 amide bonds. The van der Waals surface area contributed by atoms with E-state index >= 15 is 0 Å². The zero-order valence-corrected chi connectivity index (χ0v) is 13.3. The van der Waals surface area contributed by atoms with Crippen molar-refractivity contribution < 1.29 is 13.9 Å². The Morgan fingerprint density at radius 3 is 2.75 bits per heavy atom. The van der Waals surface area contributed by atoms with Gasteiger partial charge in [0.1, 0.15) is 11.0 Å². The topological polar surface area (TPSA) is 39.2 Å². The first kappa shape index (κ1) is 15.4. The number of carbonyl (C=O) groups is 1. The van der Waals surface area contributed by atoms with E-state index in [9.17, 15) is 9.18 Å². The van der Waals surface area contributed by atoms with E-state index in [1.807, 2.05) is 26.8 Å². The lowest BCUT2D eigenvalue weighted by Gasteiger charge is -2.38. The highest BCUT2D eigenvalue weighted by molar-refractivity contribution is 7.18. The Kier molecular flexibility index (Phi) is 4.15. The van der Waals surface area contributed by atoms with Crippen LogP contribution >= 0.6 is 9.24 Å². The number of hydrogen-bond donors (Lipinski definition) is 0. The number of rotatable bonds is 3. The lowest BCUT2D eigenvalue weighted by atomic mass is 9.78. The molecule has 110 valence electrons. The molecule has 1 heterocycles. The van der Waals surface area contributed by atoms with Gasteiger partial charge in [0.2, 0.25) is 0 Å².